The highest BCUT2D eigenvalue weighted by Gasteiger charge is 2.25. The van der Waals surface area contributed by atoms with Gasteiger partial charge in [0.05, 0.1) is 0 Å². The standard InChI is InChI=1S/C16H11NO8S2/c17-11-5-13(26(19,20)21)9-4-2-8-12(25-18)6-14(27(22,23)24)10-3-1-7(11)15(9)16(8)10/h1-6,18H,17H2,(H,19,20,21)(H,22,23,24). The van der Waals surface area contributed by atoms with Gasteiger partial charge in [-0.05, 0) is 12.1 Å². The molecule has 0 aliphatic rings. The fraction of sp³-hybridized carbons (Fsp3) is 0. The summed E-state index contributed by atoms with van der Waals surface area (Å²) in [5.41, 5.74) is 5.97. The van der Waals surface area contributed by atoms with E-state index in [-0.39, 0.29) is 38.4 Å². The number of hydrogen-bond acceptors (Lipinski definition) is 7. The molecule has 0 saturated heterocycles. The predicted octanol–water partition coefficient (Wildman–Crippen LogP) is 2.51. The Hall–Kier alpha value is -2.70. The van der Waals surface area contributed by atoms with Crippen LogP contribution in [0.4, 0.5) is 5.69 Å². The fourth-order valence-corrected chi connectivity index (χ4v) is 4.85. The van der Waals surface area contributed by atoms with E-state index in [0.717, 1.165) is 12.1 Å². The number of hydrogen-bond donors (Lipinski definition) is 4. The second-order valence-electron chi connectivity index (χ2n) is 5.95. The lowest BCUT2D eigenvalue weighted by Gasteiger charge is -2.17. The molecule has 0 aliphatic heterocycles. The first kappa shape index (κ1) is 17.7. The van der Waals surface area contributed by atoms with Gasteiger partial charge in [-0.1, -0.05) is 18.2 Å². The van der Waals surface area contributed by atoms with Gasteiger partial charge in [0.25, 0.3) is 20.2 Å². The van der Waals surface area contributed by atoms with Crippen molar-refractivity contribution in [2.24, 2.45) is 0 Å². The van der Waals surface area contributed by atoms with Crippen LogP contribution in [0.3, 0.4) is 0 Å². The van der Waals surface area contributed by atoms with Crippen molar-refractivity contribution < 1.29 is 36.1 Å². The number of benzene rings is 4. The van der Waals surface area contributed by atoms with Crippen molar-refractivity contribution >= 4 is 58.2 Å². The summed E-state index contributed by atoms with van der Waals surface area (Å²) in [5.74, 6) is -0.264. The molecule has 27 heavy (non-hydrogen) atoms. The largest absolute Gasteiger partial charge is 0.398 e. The Balaban J connectivity index is 2.42. The molecule has 0 fully saturated rings. The van der Waals surface area contributed by atoms with Crippen LogP contribution in [0.25, 0.3) is 32.3 Å². The van der Waals surface area contributed by atoms with Gasteiger partial charge in [0, 0.05) is 44.1 Å². The first-order valence-electron chi connectivity index (χ1n) is 7.34. The second-order valence-corrected chi connectivity index (χ2v) is 8.73. The van der Waals surface area contributed by atoms with Gasteiger partial charge in [-0.2, -0.15) is 16.8 Å². The number of anilines is 1. The topological polar surface area (TPSA) is 164 Å². The van der Waals surface area contributed by atoms with Gasteiger partial charge in [-0.3, -0.25) is 9.11 Å². The van der Waals surface area contributed by atoms with Crippen LogP contribution >= 0.6 is 0 Å². The molecule has 0 heterocycles. The van der Waals surface area contributed by atoms with Crippen molar-refractivity contribution in [2.75, 3.05) is 5.73 Å². The molecule has 5 N–H and O–H groups in total. The van der Waals surface area contributed by atoms with Gasteiger partial charge in [-0.25, -0.2) is 5.26 Å². The molecule has 0 bridgehead atoms. The lowest BCUT2D eigenvalue weighted by atomic mass is 9.93. The summed E-state index contributed by atoms with van der Waals surface area (Å²) in [7, 11) is -9.33. The van der Waals surface area contributed by atoms with E-state index in [4.69, 9.17) is 11.0 Å². The van der Waals surface area contributed by atoms with Crippen LogP contribution in [-0.2, 0) is 20.2 Å². The van der Waals surface area contributed by atoms with Crippen molar-refractivity contribution in [3.05, 3.63) is 36.4 Å². The van der Waals surface area contributed by atoms with Crippen molar-refractivity contribution in [2.45, 2.75) is 9.79 Å². The minimum absolute atomic E-state index is 0.0354. The van der Waals surface area contributed by atoms with Crippen LogP contribution in [0.5, 0.6) is 5.75 Å². The van der Waals surface area contributed by atoms with E-state index < -0.39 is 30.0 Å². The van der Waals surface area contributed by atoms with Crippen molar-refractivity contribution in [3.8, 4) is 5.75 Å². The van der Waals surface area contributed by atoms with E-state index >= 15 is 0 Å². The van der Waals surface area contributed by atoms with Gasteiger partial charge in [0.2, 0.25) is 0 Å². The first-order valence-corrected chi connectivity index (χ1v) is 10.2. The molecule has 4 aromatic carbocycles. The van der Waals surface area contributed by atoms with Gasteiger partial charge < -0.3 is 10.6 Å². The summed E-state index contributed by atoms with van der Waals surface area (Å²) in [6.45, 7) is 0. The van der Waals surface area contributed by atoms with E-state index in [9.17, 15) is 25.9 Å². The highest BCUT2D eigenvalue weighted by atomic mass is 32.2. The smallest absolute Gasteiger partial charge is 0.295 e. The Morgan fingerprint density at radius 2 is 1.19 bits per heavy atom. The summed E-state index contributed by atoms with van der Waals surface area (Å²) in [5, 5.41) is 10.4. The SMILES string of the molecule is Nc1cc(S(=O)(=O)O)c2ccc3c(OO)cc(S(=O)(=O)O)c4ccc1c2c34. The summed E-state index contributed by atoms with van der Waals surface area (Å²) in [6.07, 6.45) is 0. The maximum atomic E-state index is 11.8. The third-order valence-electron chi connectivity index (χ3n) is 4.47. The van der Waals surface area contributed by atoms with E-state index in [1.54, 1.807) is 0 Å². The maximum absolute atomic E-state index is 11.8. The zero-order valence-electron chi connectivity index (χ0n) is 13.2. The predicted molar refractivity (Wildman–Crippen MR) is 97.4 cm³/mol. The summed E-state index contributed by atoms with van der Waals surface area (Å²) >= 11 is 0. The lowest BCUT2D eigenvalue weighted by molar-refractivity contribution is -0.136. The first-order chi connectivity index (χ1) is 12.5. The van der Waals surface area contributed by atoms with Crippen LogP contribution in [0.15, 0.2) is 46.2 Å². The minimum atomic E-state index is -4.70. The average molecular weight is 409 g/mol. The molecule has 4 aromatic rings. The Kier molecular flexibility index (Phi) is 3.54. The molecule has 0 spiro atoms. The van der Waals surface area contributed by atoms with E-state index in [1.807, 2.05) is 0 Å². The third-order valence-corrected chi connectivity index (χ3v) is 6.26. The van der Waals surface area contributed by atoms with Crippen LogP contribution in [0.1, 0.15) is 0 Å². The van der Waals surface area contributed by atoms with Crippen molar-refractivity contribution in [1.82, 2.24) is 0 Å². The molecular weight excluding hydrogens is 398 g/mol. The molecule has 0 aromatic heterocycles. The van der Waals surface area contributed by atoms with Gasteiger partial charge >= 0.3 is 0 Å². The molecule has 9 nitrogen and oxygen atoms in total. The molecule has 0 radical (unpaired) electrons. The number of rotatable bonds is 3. The zero-order chi connectivity index (χ0) is 19.7. The van der Waals surface area contributed by atoms with Crippen LogP contribution in [0.2, 0.25) is 0 Å². The normalized spacial score (nSPS) is 13.0. The molecule has 0 atom stereocenters. The van der Waals surface area contributed by atoms with E-state index in [1.165, 1.54) is 24.3 Å². The zero-order valence-corrected chi connectivity index (χ0v) is 14.9. The summed E-state index contributed by atoms with van der Waals surface area (Å²) in [6, 6.07) is 7.70. The summed E-state index contributed by atoms with van der Waals surface area (Å²) < 4.78 is 66.3. The maximum Gasteiger partial charge on any atom is 0.295 e. The van der Waals surface area contributed by atoms with Crippen LogP contribution in [-0.4, -0.2) is 31.2 Å². The van der Waals surface area contributed by atoms with Gasteiger partial charge in [-0.15, -0.1) is 0 Å². The highest BCUT2D eigenvalue weighted by molar-refractivity contribution is 7.86. The Morgan fingerprint density at radius 1 is 0.741 bits per heavy atom. The van der Waals surface area contributed by atoms with Gasteiger partial charge in [0.15, 0.2) is 5.75 Å². The fourth-order valence-electron chi connectivity index (χ4n) is 3.43. The number of nitrogens with two attached hydrogens (primary N) is 1. The molecule has 140 valence electrons. The quantitative estimate of drug-likeness (QED) is 0.131. The second kappa shape index (κ2) is 5.41. The molecule has 4 rings (SSSR count). The Bertz CT molecular complexity index is 1460. The molecule has 0 saturated carbocycles. The highest BCUT2D eigenvalue weighted by Crippen LogP contribution is 2.44. The van der Waals surface area contributed by atoms with Crippen LogP contribution in [0, 0.1) is 0 Å². The van der Waals surface area contributed by atoms with Crippen molar-refractivity contribution in [3.63, 3.8) is 0 Å². The van der Waals surface area contributed by atoms with E-state index in [2.05, 4.69) is 4.89 Å². The van der Waals surface area contributed by atoms with Crippen LogP contribution < -0.4 is 10.6 Å². The average Bonchev–Trinajstić information content (AvgIpc) is 2.58. The molecule has 0 aliphatic carbocycles. The molecule has 11 heteroatoms. The Labute approximate surface area is 152 Å². The minimum Gasteiger partial charge on any atom is -0.398 e. The Morgan fingerprint density at radius 3 is 1.70 bits per heavy atom. The number of nitrogen functional groups attached to an aromatic ring is 1. The summed E-state index contributed by atoms with van der Waals surface area (Å²) in [4.78, 5) is 3.27. The van der Waals surface area contributed by atoms with Crippen molar-refractivity contribution in [1.29, 1.82) is 0 Å². The molecule has 0 unspecified atom stereocenters. The lowest BCUT2D eigenvalue weighted by Crippen LogP contribution is -2.04. The molecular formula is C16H11NO8S2. The van der Waals surface area contributed by atoms with Gasteiger partial charge in [0.1, 0.15) is 9.79 Å². The van der Waals surface area contributed by atoms with E-state index in [0.29, 0.717) is 5.39 Å². The third kappa shape index (κ3) is 2.48. The monoisotopic (exact) mass is 409 g/mol. The molecule has 0 amide bonds.